The van der Waals surface area contributed by atoms with Crippen LogP contribution in [0.25, 0.3) is 0 Å². The highest BCUT2D eigenvalue weighted by molar-refractivity contribution is 7.99. The predicted octanol–water partition coefficient (Wildman–Crippen LogP) is 2.13. The molecule has 2 heteroatoms. The van der Waals surface area contributed by atoms with Crippen molar-refractivity contribution in [2.24, 2.45) is 5.92 Å². The van der Waals surface area contributed by atoms with Crippen LogP contribution in [0.15, 0.2) is 0 Å². The van der Waals surface area contributed by atoms with Crippen molar-refractivity contribution >= 4 is 11.8 Å². The Morgan fingerprint density at radius 3 is 3.00 bits per heavy atom. The number of nitrogens with one attached hydrogen (secondary N) is 1. The Labute approximate surface area is 74.3 Å². The van der Waals surface area contributed by atoms with Crippen molar-refractivity contribution in [3.05, 3.63) is 0 Å². The molecule has 0 aromatic heterocycles. The third kappa shape index (κ3) is 3.48. The minimum Gasteiger partial charge on any atom is -0.317 e. The minimum absolute atomic E-state index is 0.707. The maximum Gasteiger partial charge on any atom is 0.00386 e. The molecule has 2 unspecified atom stereocenters. The van der Waals surface area contributed by atoms with E-state index in [1.165, 1.54) is 30.8 Å². The summed E-state index contributed by atoms with van der Waals surface area (Å²) in [6.45, 7) is 2.28. The molecule has 0 aromatic carbocycles. The number of thioether (sulfide) groups is 1. The van der Waals surface area contributed by atoms with Gasteiger partial charge in [0.1, 0.15) is 0 Å². The van der Waals surface area contributed by atoms with E-state index >= 15 is 0 Å². The Balaban J connectivity index is 2.13. The van der Waals surface area contributed by atoms with Gasteiger partial charge in [0.05, 0.1) is 0 Å². The topological polar surface area (TPSA) is 12.0 Å². The van der Waals surface area contributed by atoms with Gasteiger partial charge in [0.25, 0.3) is 0 Å². The van der Waals surface area contributed by atoms with Gasteiger partial charge in [0.2, 0.25) is 0 Å². The molecule has 1 aliphatic rings. The van der Waals surface area contributed by atoms with Crippen LogP contribution in [-0.4, -0.2) is 24.6 Å². The van der Waals surface area contributed by atoms with Crippen molar-refractivity contribution in [2.45, 2.75) is 32.2 Å². The number of rotatable bonds is 3. The summed E-state index contributed by atoms with van der Waals surface area (Å²) in [5, 5.41) is 3.30. The molecule has 0 saturated carbocycles. The lowest BCUT2D eigenvalue weighted by atomic mass is 9.97. The van der Waals surface area contributed by atoms with Gasteiger partial charge in [-0.2, -0.15) is 11.8 Å². The van der Waals surface area contributed by atoms with E-state index in [1.807, 2.05) is 0 Å². The average Bonchev–Trinajstić information content (AvgIpc) is 2.06. The maximum absolute atomic E-state index is 3.30. The van der Waals surface area contributed by atoms with E-state index < -0.39 is 0 Å². The Bertz CT molecular complexity index is 99.7. The molecule has 11 heavy (non-hydrogen) atoms. The molecule has 0 bridgehead atoms. The monoisotopic (exact) mass is 173 g/mol. The Morgan fingerprint density at radius 2 is 2.45 bits per heavy atom. The van der Waals surface area contributed by atoms with Crippen LogP contribution in [0.3, 0.4) is 0 Å². The SMILES string of the molecule is CNC(C)CC1CCCSC1. The Morgan fingerprint density at radius 1 is 1.64 bits per heavy atom. The molecule has 1 saturated heterocycles. The van der Waals surface area contributed by atoms with Gasteiger partial charge in [-0.05, 0) is 50.7 Å². The third-order valence-corrected chi connectivity index (χ3v) is 3.72. The van der Waals surface area contributed by atoms with Crippen molar-refractivity contribution in [3.63, 3.8) is 0 Å². The zero-order chi connectivity index (χ0) is 8.10. The van der Waals surface area contributed by atoms with Crippen molar-refractivity contribution in [3.8, 4) is 0 Å². The fraction of sp³-hybridized carbons (Fsp3) is 1.00. The second kappa shape index (κ2) is 5.04. The summed E-state index contributed by atoms with van der Waals surface area (Å²) >= 11 is 2.13. The van der Waals surface area contributed by atoms with E-state index in [4.69, 9.17) is 0 Å². The van der Waals surface area contributed by atoms with Gasteiger partial charge >= 0.3 is 0 Å². The smallest absolute Gasteiger partial charge is 0.00386 e. The molecule has 1 N–H and O–H groups in total. The van der Waals surface area contributed by atoms with E-state index in [9.17, 15) is 0 Å². The van der Waals surface area contributed by atoms with Gasteiger partial charge in [-0.15, -0.1) is 0 Å². The quantitative estimate of drug-likeness (QED) is 0.701. The van der Waals surface area contributed by atoms with Gasteiger partial charge in [0.15, 0.2) is 0 Å². The zero-order valence-corrected chi connectivity index (χ0v) is 8.41. The molecule has 0 aliphatic carbocycles. The minimum atomic E-state index is 0.707. The number of hydrogen-bond donors (Lipinski definition) is 1. The van der Waals surface area contributed by atoms with E-state index in [2.05, 4.69) is 31.1 Å². The Hall–Kier alpha value is 0.310. The van der Waals surface area contributed by atoms with Crippen LogP contribution in [0.4, 0.5) is 0 Å². The summed E-state index contributed by atoms with van der Waals surface area (Å²) in [7, 11) is 2.06. The first-order valence-electron chi connectivity index (χ1n) is 4.58. The molecule has 1 aliphatic heterocycles. The first-order valence-corrected chi connectivity index (χ1v) is 5.73. The fourth-order valence-corrected chi connectivity index (χ4v) is 2.78. The molecule has 1 nitrogen and oxygen atoms in total. The van der Waals surface area contributed by atoms with Crippen LogP contribution in [0.1, 0.15) is 26.2 Å². The van der Waals surface area contributed by atoms with E-state index in [0.29, 0.717) is 6.04 Å². The third-order valence-electron chi connectivity index (χ3n) is 2.43. The van der Waals surface area contributed by atoms with E-state index in [1.54, 1.807) is 0 Å². The highest BCUT2D eigenvalue weighted by atomic mass is 32.2. The first-order chi connectivity index (χ1) is 5.33. The van der Waals surface area contributed by atoms with Gasteiger partial charge < -0.3 is 5.32 Å². The second-order valence-corrected chi connectivity index (χ2v) is 4.66. The summed E-state index contributed by atoms with van der Waals surface area (Å²) < 4.78 is 0. The summed E-state index contributed by atoms with van der Waals surface area (Å²) in [6.07, 6.45) is 4.26. The molecule has 1 fully saturated rings. The second-order valence-electron chi connectivity index (χ2n) is 3.51. The lowest BCUT2D eigenvalue weighted by Gasteiger charge is -2.23. The molecule has 0 amide bonds. The normalized spacial score (nSPS) is 28.4. The summed E-state index contributed by atoms with van der Waals surface area (Å²) in [4.78, 5) is 0. The Kier molecular flexibility index (Phi) is 4.31. The lowest BCUT2D eigenvalue weighted by molar-refractivity contribution is 0.417. The van der Waals surface area contributed by atoms with Crippen LogP contribution in [0, 0.1) is 5.92 Å². The van der Waals surface area contributed by atoms with Gasteiger partial charge in [-0.1, -0.05) is 0 Å². The molecule has 0 aromatic rings. The summed E-state index contributed by atoms with van der Waals surface area (Å²) in [5.41, 5.74) is 0. The fourth-order valence-electron chi connectivity index (χ4n) is 1.61. The van der Waals surface area contributed by atoms with Crippen LogP contribution in [0.5, 0.6) is 0 Å². The molecule has 66 valence electrons. The van der Waals surface area contributed by atoms with Crippen LogP contribution in [0.2, 0.25) is 0 Å². The number of hydrogen-bond acceptors (Lipinski definition) is 2. The lowest BCUT2D eigenvalue weighted by Crippen LogP contribution is -2.26. The van der Waals surface area contributed by atoms with E-state index in [0.717, 1.165) is 5.92 Å². The van der Waals surface area contributed by atoms with Gasteiger partial charge in [0, 0.05) is 6.04 Å². The largest absolute Gasteiger partial charge is 0.317 e. The van der Waals surface area contributed by atoms with Crippen molar-refractivity contribution in [1.29, 1.82) is 0 Å². The van der Waals surface area contributed by atoms with Gasteiger partial charge in [-0.3, -0.25) is 0 Å². The summed E-state index contributed by atoms with van der Waals surface area (Å²) in [5.74, 6) is 3.77. The molecule has 1 rings (SSSR count). The first kappa shape index (κ1) is 9.40. The molecular formula is C9H19NS. The van der Waals surface area contributed by atoms with Gasteiger partial charge in [-0.25, -0.2) is 0 Å². The zero-order valence-electron chi connectivity index (χ0n) is 7.60. The van der Waals surface area contributed by atoms with Crippen LogP contribution >= 0.6 is 11.8 Å². The average molecular weight is 173 g/mol. The van der Waals surface area contributed by atoms with Crippen molar-refractivity contribution in [2.75, 3.05) is 18.6 Å². The van der Waals surface area contributed by atoms with Crippen molar-refractivity contribution in [1.82, 2.24) is 5.32 Å². The van der Waals surface area contributed by atoms with Crippen LogP contribution in [-0.2, 0) is 0 Å². The highest BCUT2D eigenvalue weighted by Crippen LogP contribution is 2.25. The van der Waals surface area contributed by atoms with Crippen LogP contribution < -0.4 is 5.32 Å². The molecular weight excluding hydrogens is 154 g/mol. The molecule has 0 spiro atoms. The predicted molar refractivity (Wildman–Crippen MR) is 53.2 cm³/mol. The molecule has 1 heterocycles. The standard InChI is InChI=1S/C9H19NS/c1-8(10-2)6-9-4-3-5-11-7-9/h8-10H,3-7H2,1-2H3. The highest BCUT2D eigenvalue weighted by Gasteiger charge is 2.15. The van der Waals surface area contributed by atoms with E-state index in [-0.39, 0.29) is 0 Å². The summed E-state index contributed by atoms with van der Waals surface area (Å²) in [6, 6.07) is 0.707. The molecule has 0 radical (unpaired) electrons. The maximum atomic E-state index is 3.30. The molecule has 2 atom stereocenters. The van der Waals surface area contributed by atoms with Crippen molar-refractivity contribution < 1.29 is 0 Å².